The smallest absolute Gasteiger partial charge is 0.240 e. The minimum absolute atomic E-state index is 0.342. The van der Waals surface area contributed by atoms with E-state index in [1.165, 1.54) is 30.4 Å². The predicted octanol–water partition coefficient (Wildman–Crippen LogP) is 4.35. The molecule has 1 saturated heterocycles. The number of aromatic hydroxyl groups is 1. The maximum absolute atomic E-state index is 9.67. The molecular weight excluding hydrogens is 350 g/mol. The second-order valence-electron chi connectivity index (χ2n) is 7.60. The zero-order valence-electron chi connectivity index (χ0n) is 16.1. The first-order valence-electron chi connectivity index (χ1n) is 10.1. The summed E-state index contributed by atoms with van der Waals surface area (Å²) in [6.45, 7) is 1.79. The molecule has 4 rings (SSSR count). The van der Waals surface area contributed by atoms with Crippen LogP contribution < -0.4 is 0 Å². The molecule has 0 saturated carbocycles. The molecule has 3 aromatic rings. The van der Waals surface area contributed by atoms with Crippen molar-refractivity contribution in [2.24, 2.45) is 0 Å². The molecule has 2 aromatic carbocycles. The van der Waals surface area contributed by atoms with E-state index < -0.39 is 0 Å². The molecule has 0 unspecified atom stereocenters. The number of phenols is 1. The molecule has 1 aliphatic heterocycles. The highest BCUT2D eigenvalue weighted by Gasteiger charge is 2.24. The van der Waals surface area contributed by atoms with Crippen molar-refractivity contribution in [2.75, 3.05) is 6.54 Å². The standard InChI is InChI=1S/C23H27N3O2/c27-21-11-6-9-19(15-21)12-13-20-10-4-5-14-26(20)17-23-24-22(25-28-23)16-18-7-2-1-3-8-18/h1-3,6-9,11,15,20,27H,4-5,10,12-14,16-17H2/t20-/m0/s1. The van der Waals surface area contributed by atoms with Crippen LogP contribution in [0.5, 0.6) is 5.75 Å². The monoisotopic (exact) mass is 377 g/mol. The molecule has 0 amide bonds. The highest BCUT2D eigenvalue weighted by atomic mass is 16.5. The highest BCUT2D eigenvalue weighted by molar-refractivity contribution is 5.27. The van der Waals surface area contributed by atoms with Gasteiger partial charge in [0.2, 0.25) is 5.89 Å². The van der Waals surface area contributed by atoms with Crippen LogP contribution >= 0.6 is 0 Å². The van der Waals surface area contributed by atoms with Gasteiger partial charge in [-0.1, -0.05) is 54.0 Å². The summed E-state index contributed by atoms with van der Waals surface area (Å²) in [6, 6.07) is 18.3. The largest absolute Gasteiger partial charge is 0.508 e. The van der Waals surface area contributed by atoms with Crippen LogP contribution in [0.4, 0.5) is 0 Å². The van der Waals surface area contributed by atoms with E-state index in [-0.39, 0.29) is 0 Å². The first-order valence-corrected chi connectivity index (χ1v) is 10.1. The first-order chi connectivity index (χ1) is 13.8. The van der Waals surface area contributed by atoms with Crippen LogP contribution in [0.1, 0.15) is 48.5 Å². The van der Waals surface area contributed by atoms with Crippen molar-refractivity contribution in [1.82, 2.24) is 15.0 Å². The molecule has 1 fully saturated rings. The molecule has 1 aliphatic rings. The fourth-order valence-electron chi connectivity index (χ4n) is 4.02. The van der Waals surface area contributed by atoms with Crippen molar-refractivity contribution in [3.05, 3.63) is 77.4 Å². The van der Waals surface area contributed by atoms with Gasteiger partial charge in [0, 0.05) is 12.5 Å². The first kappa shape index (κ1) is 18.7. The van der Waals surface area contributed by atoms with Crippen molar-refractivity contribution >= 4 is 0 Å². The van der Waals surface area contributed by atoms with Gasteiger partial charge in [0.25, 0.3) is 0 Å². The lowest BCUT2D eigenvalue weighted by atomic mass is 9.96. The summed E-state index contributed by atoms with van der Waals surface area (Å²) in [7, 11) is 0. The summed E-state index contributed by atoms with van der Waals surface area (Å²) in [5.74, 6) is 1.79. The van der Waals surface area contributed by atoms with Crippen molar-refractivity contribution in [1.29, 1.82) is 0 Å². The average Bonchev–Trinajstić information content (AvgIpc) is 3.15. The third-order valence-electron chi connectivity index (χ3n) is 5.48. The van der Waals surface area contributed by atoms with E-state index in [4.69, 9.17) is 4.52 Å². The Morgan fingerprint density at radius 1 is 1.04 bits per heavy atom. The number of benzene rings is 2. The highest BCUT2D eigenvalue weighted by Crippen LogP contribution is 2.24. The van der Waals surface area contributed by atoms with Crippen LogP contribution in [0.15, 0.2) is 59.1 Å². The minimum atomic E-state index is 0.342. The lowest BCUT2D eigenvalue weighted by molar-refractivity contribution is 0.117. The molecule has 1 atom stereocenters. The molecule has 5 heteroatoms. The van der Waals surface area contributed by atoms with Crippen LogP contribution in [-0.2, 0) is 19.4 Å². The molecule has 1 N–H and O–H groups in total. The number of likely N-dealkylation sites (tertiary alicyclic amines) is 1. The predicted molar refractivity (Wildman–Crippen MR) is 108 cm³/mol. The van der Waals surface area contributed by atoms with E-state index in [1.807, 2.05) is 30.3 Å². The van der Waals surface area contributed by atoms with Gasteiger partial charge in [-0.05, 0) is 55.5 Å². The Morgan fingerprint density at radius 3 is 2.75 bits per heavy atom. The number of hydrogen-bond donors (Lipinski definition) is 1. The van der Waals surface area contributed by atoms with E-state index in [0.29, 0.717) is 30.6 Å². The molecular formula is C23H27N3O2. The van der Waals surface area contributed by atoms with E-state index in [2.05, 4.69) is 33.2 Å². The maximum Gasteiger partial charge on any atom is 0.240 e. The Hall–Kier alpha value is -2.66. The van der Waals surface area contributed by atoms with Crippen LogP contribution in [0, 0.1) is 0 Å². The lowest BCUT2D eigenvalue weighted by Crippen LogP contribution is -2.39. The average molecular weight is 377 g/mol. The SMILES string of the molecule is Oc1cccc(CC[C@@H]2CCCCN2Cc2nc(Cc3ccccc3)no2)c1. The lowest BCUT2D eigenvalue weighted by Gasteiger charge is -2.34. The third kappa shape index (κ3) is 4.98. The Kier molecular flexibility index (Phi) is 6.02. The third-order valence-corrected chi connectivity index (χ3v) is 5.48. The molecule has 146 valence electrons. The van der Waals surface area contributed by atoms with E-state index in [9.17, 15) is 5.11 Å². The van der Waals surface area contributed by atoms with E-state index in [1.54, 1.807) is 6.07 Å². The van der Waals surface area contributed by atoms with Gasteiger partial charge in [0.1, 0.15) is 5.75 Å². The number of nitrogens with zero attached hydrogens (tertiary/aromatic N) is 3. The number of rotatable bonds is 7. The molecule has 0 bridgehead atoms. The van der Waals surface area contributed by atoms with Crippen molar-refractivity contribution < 1.29 is 9.63 Å². The summed E-state index contributed by atoms with van der Waals surface area (Å²) >= 11 is 0. The normalized spacial score (nSPS) is 17.6. The van der Waals surface area contributed by atoms with Gasteiger partial charge in [-0.25, -0.2) is 0 Å². The summed E-state index contributed by atoms with van der Waals surface area (Å²) in [6.07, 6.45) is 6.43. The van der Waals surface area contributed by atoms with Gasteiger partial charge in [-0.2, -0.15) is 4.98 Å². The zero-order chi connectivity index (χ0) is 19.2. The maximum atomic E-state index is 9.67. The number of hydrogen-bond acceptors (Lipinski definition) is 5. The summed E-state index contributed by atoms with van der Waals surface area (Å²) in [5.41, 5.74) is 2.38. The summed E-state index contributed by atoms with van der Waals surface area (Å²) in [4.78, 5) is 7.09. The second-order valence-corrected chi connectivity index (χ2v) is 7.60. The summed E-state index contributed by atoms with van der Waals surface area (Å²) in [5, 5.41) is 13.8. The van der Waals surface area contributed by atoms with Gasteiger partial charge in [-0.3, -0.25) is 4.90 Å². The van der Waals surface area contributed by atoms with Crippen LogP contribution in [-0.4, -0.2) is 32.7 Å². The van der Waals surface area contributed by atoms with Gasteiger partial charge in [0.15, 0.2) is 5.82 Å². The van der Waals surface area contributed by atoms with Gasteiger partial charge in [-0.15, -0.1) is 0 Å². The van der Waals surface area contributed by atoms with Crippen LogP contribution in [0.3, 0.4) is 0 Å². The number of aromatic nitrogens is 2. The zero-order valence-corrected chi connectivity index (χ0v) is 16.1. The molecule has 2 heterocycles. The minimum Gasteiger partial charge on any atom is -0.508 e. The van der Waals surface area contributed by atoms with Crippen LogP contribution in [0.2, 0.25) is 0 Å². The quantitative estimate of drug-likeness (QED) is 0.663. The Bertz CT molecular complexity index is 878. The fourth-order valence-corrected chi connectivity index (χ4v) is 4.02. The van der Waals surface area contributed by atoms with Crippen molar-refractivity contribution in [2.45, 2.75) is 51.1 Å². The Balaban J connectivity index is 1.35. The van der Waals surface area contributed by atoms with Crippen molar-refractivity contribution in [3.63, 3.8) is 0 Å². The van der Waals surface area contributed by atoms with Gasteiger partial charge >= 0.3 is 0 Å². The fraction of sp³-hybridized carbons (Fsp3) is 0.391. The van der Waals surface area contributed by atoms with Crippen LogP contribution in [0.25, 0.3) is 0 Å². The van der Waals surface area contributed by atoms with Gasteiger partial charge in [0.05, 0.1) is 6.54 Å². The number of phenolic OH excluding ortho intramolecular Hbond substituents is 1. The van der Waals surface area contributed by atoms with E-state index >= 15 is 0 Å². The molecule has 28 heavy (non-hydrogen) atoms. The van der Waals surface area contributed by atoms with E-state index in [0.717, 1.165) is 25.2 Å². The molecule has 5 nitrogen and oxygen atoms in total. The Labute approximate surface area is 166 Å². The molecule has 0 aliphatic carbocycles. The van der Waals surface area contributed by atoms with Crippen molar-refractivity contribution in [3.8, 4) is 5.75 Å². The second kappa shape index (κ2) is 9.02. The molecule has 1 aromatic heterocycles. The van der Waals surface area contributed by atoms with Gasteiger partial charge < -0.3 is 9.63 Å². The molecule has 0 radical (unpaired) electrons. The number of piperidine rings is 1. The topological polar surface area (TPSA) is 62.4 Å². The Morgan fingerprint density at radius 2 is 1.89 bits per heavy atom. The summed E-state index contributed by atoms with van der Waals surface area (Å²) < 4.78 is 5.53. The number of aryl methyl sites for hydroxylation is 1. The molecule has 0 spiro atoms.